The van der Waals surface area contributed by atoms with E-state index in [2.05, 4.69) is 47.4 Å². The number of benzene rings is 1. The lowest BCUT2D eigenvalue weighted by Crippen LogP contribution is -2.40. The van der Waals surface area contributed by atoms with Gasteiger partial charge in [-0.2, -0.15) is 0 Å². The van der Waals surface area contributed by atoms with Gasteiger partial charge in [-0.3, -0.25) is 4.79 Å². The van der Waals surface area contributed by atoms with Gasteiger partial charge in [-0.15, -0.1) is 4.91 Å². The van der Waals surface area contributed by atoms with E-state index in [9.17, 15) is 14.8 Å². The summed E-state index contributed by atoms with van der Waals surface area (Å²) in [7, 11) is -1.79. The van der Waals surface area contributed by atoms with Crippen molar-refractivity contribution in [3.63, 3.8) is 0 Å². The number of nitroso groups, excluding NO2 is 1. The molecule has 1 aromatic rings. The Bertz CT molecular complexity index is 454. The minimum atomic E-state index is -1.79. The van der Waals surface area contributed by atoms with Gasteiger partial charge in [0.2, 0.25) is 0 Å². The zero-order chi connectivity index (χ0) is 12.5. The second-order valence-electron chi connectivity index (χ2n) is 4.48. The van der Waals surface area contributed by atoms with E-state index in [1.807, 2.05) is 0 Å². The van der Waals surface area contributed by atoms with Gasteiger partial charge in [0.25, 0.3) is 0 Å². The number of aldehydes is 1. The second kappa shape index (κ2) is 4.62. The number of carbonyl (C=O) groups is 1. The zero-order valence-corrected chi connectivity index (χ0v) is 12.4. The summed E-state index contributed by atoms with van der Waals surface area (Å²) < 4.78 is 0.811. The largest absolute Gasteiger partial charge is 0.505 e. The maximum absolute atomic E-state index is 10.8. The van der Waals surface area contributed by atoms with Crippen molar-refractivity contribution in [1.82, 2.24) is 0 Å². The molecule has 0 spiro atoms. The molecule has 0 heterocycles. The second-order valence-corrected chi connectivity index (χ2v) is 10.6. The number of rotatable bonds is 3. The Balaban J connectivity index is 3.69. The Kier molecular flexibility index (Phi) is 3.84. The maximum Gasteiger partial charge on any atom is 0.155 e. The van der Waals surface area contributed by atoms with E-state index in [1.165, 1.54) is 0 Å². The van der Waals surface area contributed by atoms with Crippen LogP contribution in [0.15, 0.2) is 11.2 Å². The number of phenols is 1. The Morgan fingerprint density at radius 2 is 2.00 bits per heavy atom. The molecule has 1 N–H and O–H groups in total. The molecule has 0 bridgehead atoms. The van der Waals surface area contributed by atoms with Crippen molar-refractivity contribution < 1.29 is 9.90 Å². The van der Waals surface area contributed by atoms with Gasteiger partial charge in [0.05, 0.1) is 13.6 Å². The van der Waals surface area contributed by atoms with Crippen LogP contribution in [-0.2, 0) is 0 Å². The molecule has 0 aromatic heterocycles. The van der Waals surface area contributed by atoms with Gasteiger partial charge in [0.1, 0.15) is 0 Å². The molecule has 1 rings (SSSR count). The monoisotopic (exact) mass is 349 g/mol. The van der Waals surface area contributed by atoms with Crippen molar-refractivity contribution in [3.8, 4) is 5.75 Å². The van der Waals surface area contributed by atoms with Gasteiger partial charge >= 0.3 is 0 Å². The van der Waals surface area contributed by atoms with Gasteiger partial charge in [0, 0.05) is 3.57 Å². The maximum atomic E-state index is 10.8. The van der Waals surface area contributed by atoms with Crippen LogP contribution in [0.3, 0.4) is 0 Å². The van der Waals surface area contributed by atoms with E-state index in [-0.39, 0.29) is 17.0 Å². The molecule has 0 saturated heterocycles. The van der Waals surface area contributed by atoms with Crippen LogP contribution in [0.1, 0.15) is 10.4 Å². The first kappa shape index (κ1) is 13.3. The van der Waals surface area contributed by atoms with E-state index in [0.717, 1.165) is 8.76 Å². The van der Waals surface area contributed by atoms with Crippen molar-refractivity contribution in [2.75, 3.05) is 0 Å². The average molecular weight is 349 g/mol. The quantitative estimate of drug-likeness (QED) is 0.395. The number of phenolic OH excluding ortho intramolecular Hbond substituents is 1. The van der Waals surface area contributed by atoms with Crippen LogP contribution < -0.4 is 5.19 Å². The summed E-state index contributed by atoms with van der Waals surface area (Å²) in [5.41, 5.74) is 0.133. The molecule has 0 unspecified atom stereocenters. The highest BCUT2D eigenvalue weighted by atomic mass is 127. The highest BCUT2D eigenvalue weighted by Crippen LogP contribution is 2.32. The van der Waals surface area contributed by atoms with E-state index < -0.39 is 8.07 Å². The molecule has 0 aliphatic rings. The fourth-order valence-corrected chi connectivity index (χ4v) is 6.22. The van der Waals surface area contributed by atoms with Gasteiger partial charge in [-0.05, 0) is 39.0 Å². The number of nitrogens with zero attached hydrogens (tertiary/aromatic N) is 1. The molecule has 4 nitrogen and oxygen atoms in total. The first-order valence-electron chi connectivity index (χ1n) is 4.67. The highest BCUT2D eigenvalue weighted by Gasteiger charge is 2.27. The lowest BCUT2D eigenvalue weighted by molar-refractivity contribution is 0.112. The molecular weight excluding hydrogens is 337 g/mol. The van der Waals surface area contributed by atoms with Crippen molar-refractivity contribution in [1.29, 1.82) is 0 Å². The number of hydrogen-bond acceptors (Lipinski definition) is 4. The third-order valence-electron chi connectivity index (χ3n) is 2.22. The van der Waals surface area contributed by atoms with Crippen LogP contribution in [0.2, 0.25) is 19.6 Å². The summed E-state index contributed by atoms with van der Waals surface area (Å²) in [4.78, 5) is 21.5. The summed E-state index contributed by atoms with van der Waals surface area (Å²) in [6, 6.07) is 1.59. The fraction of sp³-hybridized carbons (Fsp3) is 0.300. The van der Waals surface area contributed by atoms with Gasteiger partial charge in [0.15, 0.2) is 17.7 Å². The smallest absolute Gasteiger partial charge is 0.155 e. The summed E-state index contributed by atoms with van der Waals surface area (Å²) >= 11 is 2.07. The summed E-state index contributed by atoms with van der Waals surface area (Å²) in [5, 5.41) is 13.4. The third kappa shape index (κ3) is 2.32. The lowest BCUT2D eigenvalue weighted by Gasteiger charge is -2.21. The molecule has 0 amide bonds. The summed E-state index contributed by atoms with van der Waals surface area (Å²) in [6.45, 7) is 6.16. The fourth-order valence-electron chi connectivity index (χ4n) is 1.54. The molecule has 0 radical (unpaired) electrons. The normalized spacial score (nSPS) is 11.2. The molecule has 1 aromatic carbocycles. The summed E-state index contributed by atoms with van der Waals surface area (Å²) in [5.74, 6) is -0.303. The van der Waals surface area contributed by atoms with Crippen molar-refractivity contribution >= 4 is 47.8 Å². The lowest BCUT2D eigenvalue weighted by atomic mass is 10.2. The van der Waals surface area contributed by atoms with Crippen LogP contribution in [0.4, 0.5) is 5.69 Å². The minimum Gasteiger partial charge on any atom is -0.505 e. The van der Waals surface area contributed by atoms with Crippen LogP contribution >= 0.6 is 22.6 Å². The van der Waals surface area contributed by atoms with Crippen LogP contribution in [0.5, 0.6) is 5.75 Å². The minimum absolute atomic E-state index is 0.0215. The first-order chi connectivity index (χ1) is 7.32. The van der Waals surface area contributed by atoms with Crippen molar-refractivity contribution in [2.24, 2.45) is 5.18 Å². The molecular formula is C10H12INO3Si. The number of hydrogen-bond donors (Lipinski definition) is 1. The Morgan fingerprint density at radius 1 is 1.44 bits per heavy atom. The topological polar surface area (TPSA) is 66.7 Å². The summed E-state index contributed by atoms with van der Waals surface area (Å²) in [6.07, 6.45) is 0.528. The van der Waals surface area contributed by atoms with E-state index >= 15 is 0 Å². The molecule has 16 heavy (non-hydrogen) atoms. The Labute approximate surface area is 108 Å². The molecule has 0 saturated carbocycles. The third-order valence-corrected chi connectivity index (χ3v) is 5.59. The van der Waals surface area contributed by atoms with Gasteiger partial charge in [-0.25, -0.2) is 0 Å². The van der Waals surface area contributed by atoms with E-state index in [4.69, 9.17) is 0 Å². The highest BCUT2D eigenvalue weighted by molar-refractivity contribution is 14.1. The predicted molar refractivity (Wildman–Crippen MR) is 74.6 cm³/mol. The predicted octanol–water partition coefficient (Wildman–Crippen LogP) is 2.75. The zero-order valence-electron chi connectivity index (χ0n) is 9.24. The standard InChI is InChI=1S/C10H12INO3Si/c1-16(2,3)10-7(11)4-6(5-13)9(14)8(10)12-15/h4-5,14H,1-3H3. The Morgan fingerprint density at radius 3 is 2.38 bits per heavy atom. The average Bonchev–Trinajstić information content (AvgIpc) is 2.18. The van der Waals surface area contributed by atoms with Crippen molar-refractivity contribution in [2.45, 2.75) is 19.6 Å². The molecule has 0 atom stereocenters. The molecule has 6 heteroatoms. The molecule has 0 aliphatic heterocycles. The van der Waals surface area contributed by atoms with Crippen LogP contribution in [-0.4, -0.2) is 19.5 Å². The number of halogens is 1. The van der Waals surface area contributed by atoms with E-state index in [1.54, 1.807) is 6.07 Å². The first-order valence-corrected chi connectivity index (χ1v) is 9.25. The van der Waals surface area contributed by atoms with Gasteiger partial charge in [-0.1, -0.05) is 19.6 Å². The van der Waals surface area contributed by atoms with Gasteiger partial charge < -0.3 is 5.11 Å². The van der Waals surface area contributed by atoms with Crippen LogP contribution in [0, 0.1) is 8.48 Å². The van der Waals surface area contributed by atoms with Crippen molar-refractivity contribution in [3.05, 3.63) is 20.1 Å². The number of aromatic hydroxyl groups is 1. The SMILES string of the molecule is C[Si](C)(C)c1c(I)cc(C=O)c(O)c1N=O. The molecule has 86 valence electrons. The van der Waals surface area contributed by atoms with Crippen LogP contribution in [0.25, 0.3) is 0 Å². The Hall–Kier alpha value is -0.763. The molecule has 0 fully saturated rings. The van der Waals surface area contributed by atoms with E-state index in [0.29, 0.717) is 6.29 Å². The number of carbonyl (C=O) groups excluding carboxylic acids is 1. The molecule has 0 aliphatic carbocycles.